The lowest BCUT2D eigenvalue weighted by atomic mass is 10.1. The molecule has 1 aromatic rings. The topological polar surface area (TPSA) is 110 Å². The molecule has 3 aliphatic heterocycles. The maximum Gasteiger partial charge on any atom is 0.325 e. The van der Waals surface area contributed by atoms with E-state index in [0.717, 1.165) is 17.7 Å². The fraction of sp³-hybridized carbons (Fsp3) is 0.550. The lowest BCUT2D eigenvalue weighted by Crippen LogP contribution is -2.62. The van der Waals surface area contributed by atoms with Gasteiger partial charge in [0.05, 0.1) is 17.5 Å². The lowest BCUT2D eigenvalue weighted by Gasteiger charge is -2.41. The van der Waals surface area contributed by atoms with Crippen molar-refractivity contribution in [2.45, 2.75) is 30.3 Å². The molecule has 4 amide bonds. The van der Waals surface area contributed by atoms with Crippen molar-refractivity contribution in [2.24, 2.45) is 0 Å². The molecule has 0 saturated carbocycles. The Bertz CT molecular complexity index is 948. The summed E-state index contributed by atoms with van der Waals surface area (Å²) in [5, 5.41) is 2.81. The zero-order chi connectivity index (χ0) is 22.2. The molecule has 1 unspecified atom stereocenters. The number of hydrogen-bond acceptors (Lipinski definition) is 6. The van der Waals surface area contributed by atoms with Crippen LogP contribution in [-0.2, 0) is 14.8 Å². The molecule has 0 bridgehead atoms. The molecule has 1 N–H and O–H groups in total. The van der Waals surface area contributed by atoms with Gasteiger partial charge in [0, 0.05) is 51.9 Å². The summed E-state index contributed by atoms with van der Waals surface area (Å²) < 4.78 is 26.8. The van der Waals surface area contributed by atoms with Crippen molar-refractivity contribution in [3.05, 3.63) is 29.8 Å². The highest BCUT2D eigenvalue weighted by Crippen LogP contribution is 2.22. The van der Waals surface area contributed by atoms with E-state index in [2.05, 4.69) is 5.32 Å². The average Bonchev–Trinajstić information content (AvgIpc) is 3.33. The Kier molecular flexibility index (Phi) is 6.00. The van der Waals surface area contributed by atoms with Crippen LogP contribution in [0.15, 0.2) is 29.2 Å². The van der Waals surface area contributed by atoms with Gasteiger partial charge in [-0.1, -0.05) is 0 Å². The molecular formula is C20H27N5O5S. The molecule has 0 aliphatic carbocycles. The number of nitrogens with one attached hydrogen (secondary N) is 1. The fourth-order valence-electron chi connectivity index (χ4n) is 4.19. The molecule has 1 aromatic carbocycles. The first-order valence-corrected chi connectivity index (χ1v) is 11.9. The van der Waals surface area contributed by atoms with Crippen molar-refractivity contribution in [3.8, 4) is 0 Å². The predicted molar refractivity (Wildman–Crippen MR) is 112 cm³/mol. The van der Waals surface area contributed by atoms with Gasteiger partial charge in [-0.15, -0.1) is 0 Å². The first-order chi connectivity index (χ1) is 14.8. The number of urea groups is 1. The van der Waals surface area contributed by atoms with Crippen molar-refractivity contribution >= 4 is 27.9 Å². The van der Waals surface area contributed by atoms with Gasteiger partial charge in [0.2, 0.25) is 15.9 Å². The largest absolute Gasteiger partial charge is 0.336 e. The third kappa shape index (κ3) is 4.30. The van der Waals surface area contributed by atoms with E-state index in [0.29, 0.717) is 44.8 Å². The van der Waals surface area contributed by atoms with Crippen molar-refractivity contribution < 1.29 is 22.8 Å². The fourth-order valence-corrected chi connectivity index (χ4v) is 5.71. The Labute approximate surface area is 181 Å². The van der Waals surface area contributed by atoms with Gasteiger partial charge >= 0.3 is 6.03 Å². The summed E-state index contributed by atoms with van der Waals surface area (Å²) in [5.74, 6) is -0.385. The Balaban J connectivity index is 1.35. The number of benzene rings is 1. The maximum absolute atomic E-state index is 12.9. The summed E-state index contributed by atoms with van der Waals surface area (Å²) >= 11 is 0. The lowest BCUT2D eigenvalue weighted by molar-refractivity contribution is -0.130. The number of sulfonamides is 1. The zero-order valence-electron chi connectivity index (χ0n) is 17.5. The molecule has 3 fully saturated rings. The normalized spacial score (nSPS) is 23.8. The second-order valence-electron chi connectivity index (χ2n) is 8.09. The first kappa shape index (κ1) is 21.7. The molecule has 0 radical (unpaired) electrons. The number of nitrogens with zero attached hydrogens (tertiary/aromatic N) is 4. The minimum atomic E-state index is -3.50. The van der Waals surface area contributed by atoms with E-state index < -0.39 is 16.1 Å². The molecule has 3 aliphatic rings. The van der Waals surface area contributed by atoms with Gasteiger partial charge in [0.15, 0.2) is 0 Å². The summed E-state index contributed by atoms with van der Waals surface area (Å²) in [5.41, 5.74) is 0.441. The number of rotatable bonds is 4. The molecule has 3 heterocycles. The van der Waals surface area contributed by atoms with Crippen molar-refractivity contribution in [1.82, 2.24) is 24.3 Å². The minimum absolute atomic E-state index is 0.159. The third-order valence-corrected chi connectivity index (χ3v) is 8.10. The van der Waals surface area contributed by atoms with E-state index in [1.807, 2.05) is 4.90 Å². The first-order valence-electron chi connectivity index (χ1n) is 10.5. The Morgan fingerprint density at radius 1 is 0.968 bits per heavy atom. The van der Waals surface area contributed by atoms with Crippen LogP contribution in [0, 0.1) is 0 Å². The summed E-state index contributed by atoms with van der Waals surface area (Å²) in [4.78, 5) is 41.6. The number of hydrogen-bond donors (Lipinski definition) is 1. The zero-order valence-corrected chi connectivity index (χ0v) is 18.3. The molecule has 3 saturated heterocycles. The highest BCUT2D eigenvalue weighted by Gasteiger charge is 2.35. The number of amides is 4. The molecule has 4 rings (SSSR count). The van der Waals surface area contributed by atoms with E-state index in [1.165, 1.54) is 23.5 Å². The van der Waals surface area contributed by atoms with E-state index in [9.17, 15) is 22.8 Å². The average molecular weight is 450 g/mol. The van der Waals surface area contributed by atoms with E-state index >= 15 is 0 Å². The van der Waals surface area contributed by atoms with Crippen LogP contribution in [0.4, 0.5) is 4.79 Å². The van der Waals surface area contributed by atoms with Gasteiger partial charge in [0.1, 0.15) is 0 Å². The van der Waals surface area contributed by atoms with Crippen molar-refractivity contribution in [1.29, 1.82) is 0 Å². The van der Waals surface area contributed by atoms with Gasteiger partial charge in [0.25, 0.3) is 5.91 Å². The van der Waals surface area contributed by atoms with Gasteiger partial charge < -0.3 is 10.2 Å². The highest BCUT2D eigenvalue weighted by atomic mass is 32.2. The van der Waals surface area contributed by atoms with Crippen LogP contribution in [0.1, 0.15) is 29.6 Å². The van der Waals surface area contributed by atoms with Crippen LogP contribution >= 0.6 is 0 Å². The molecule has 31 heavy (non-hydrogen) atoms. The molecular weight excluding hydrogens is 422 g/mol. The van der Waals surface area contributed by atoms with Crippen LogP contribution in [0.5, 0.6) is 0 Å². The number of piperazine rings is 1. The summed E-state index contributed by atoms with van der Waals surface area (Å²) in [6.45, 7) is 3.07. The van der Waals surface area contributed by atoms with E-state index in [4.69, 9.17) is 0 Å². The van der Waals surface area contributed by atoms with E-state index in [1.54, 1.807) is 17.0 Å². The van der Waals surface area contributed by atoms with Crippen molar-refractivity contribution in [2.75, 3.05) is 46.3 Å². The van der Waals surface area contributed by atoms with Gasteiger partial charge in [-0.2, -0.15) is 4.31 Å². The number of imide groups is 1. The van der Waals surface area contributed by atoms with Crippen molar-refractivity contribution in [3.63, 3.8) is 0 Å². The molecule has 11 heteroatoms. The van der Waals surface area contributed by atoms with Crippen LogP contribution in [0.2, 0.25) is 0 Å². The number of carbonyl (C=O) groups excluding carboxylic acids is 3. The molecule has 168 valence electrons. The second kappa shape index (κ2) is 8.56. The van der Waals surface area contributed by atoms with Gasteiger partial charge in [-0.25, -0.2) is 13.2 Å². The number of carbonyl (C=O) groups is 3. The Hall–Kier alpha value is -2.50. The van der Waals surface area contributed by atoms with Gasteiger partial charge in [-0.05, 0) is 37.1 Å². The minimum Gasteiger partial charge on any atom is -0.336 e. The standard InChI is InChI=1S/C20H27N5O5S/c1-22-18(26)14-17(21-20(22)28)23-10-12-24(13-11-23)19(27)15-4-6-16(7-5-15)31(29,30)25-8-2-3-9-25/h4-7,17H,2-3,8-14H2,1H3,(H,21,28). The quantitative estimate of drug-likeness (QED) is 0.700. The summed E-state index contributed by atoms with van der Waals surface area (Å²) in [6, 6.07) is 5.71. The molecule has 0 aromatic heterocycles. The SMILES string of the molecule is CN1C(=O)CC(N2CCN(C(=O)c3ccc(S(=O)(=O)N4CCCC4)cc3)CC2)NC1=O. The van der Waals surface area contributed by atoms with E-state index in [-0.39, 0.29) is 29.3 Å². The highest BCUT2D eigenvalue weighted by molar-refractivity contribution is 7.89. The maximum atomic E-state index is 12.9. The second-order valence-corrected chi connectivity index (χ2v) is 10.0. The molecule has 0 spiro atoms. The third-order valence-electron chi connectivity index (χ3n) is 6.18. The van der Waals surface area contributed by atoms with Crippen LogP contribution < -0.4 is 5.32 Å². The molecule has 10 nitrogen and oxygen atoms in total. The predicted octanol–water partition coefficient (Wildman–Crippen LogP) is 0.127. The Morgan fingerprint density at radius 2 is 1.58 bits per heavy atom. The monoisotopic (exact) mass is 449 g/mol. The van der Waals surface area contributed by atoms with Gasteiger partial charge in [-0.3, -0.25) is 19.4 Å². The van der Waals surface area contributed by atoms with Crippen LogP contribution in [0.3, 0.4) is 0 Å². The molecule has 1 atom stereocenters. The van der Waals surface area contributed by atoms with Crippen LogP contribution in [-0.4, -0.2) is 97.8 Å². The summed E-state index contributed by atoms with van der Waals surface area (Å²) in [7, 11) is -2.05. The summed E-state index contributed by atoms with van der Waals surface area (Å²) in [6.07, 6.45) is 1.60. The Morgan fingerprint density at radius 3 is 2.16 bits per heavy atom. The van der Waals surface area contributed by atoms with Crippen LogP contribution in [0.25, 0.3) is 0 Å². The smallest absolute Gasteiger partial charge is 0.325 e.